The van der Waals surface area contributed by atoms with E-state index in [9.17, 15) is 18.8 Å². The van der Waals surface area contributed by atoms with Crippen molar-refractivity contribution in [3.05, 3.63) is 35.6 Å². The molecule has 1 aromatic carbocycles. The molecule has 1 aliphatic heterocycles. The second-order valence-corrected chi connectivity index (χ2v) is 9.07. The molecule has 1 fully saturated rings. The molecule has 4 atom stereocenters. The van der Waals surface area contributed by atoms with Gasteiger partial charge in [0, 0.05) is 13.0 Å². The normalized spacial score (nSPS) is 20.1. The van der Waals surface area contributed by atoms with Crippen LogP contribution in [0.25, 0.3) is 0 Å². The van der Waals surface area contributed by atoms with Crippen molar-refractivity contribution in [3.8, 4) is 0 Å². The number of nitrogens with two attached hydrogens (primary N) is 1. The summed E-state index contributed by atoms with van der Waals surface area (Å²) in [5.74, 6) is -1.29. The van der Waals surface area contributed by atoms with Crippen molar-refractivity contribution in [3.63, 3.8) is 0 Å². The van der Waals surface area contributed by atoms with E-state index in [1.807, 2.05) is 13.8 Å². The Kier molecular flexibility index (Phi) is 9.44. The standard InChI is InChI=1S/C25H37FN2O6/c1-7-25(8-2,23(30)33-17(6)34-24(31)32-15(3)4)21-13-12-20(28(21)22(29)16(5)27)18-10-9-11-19(26)14-18/h9-11,14-17,20-21H,7-8,12-13,27H2,1-6H3/t16-,17?,20+,21-/m1/s1. The fourth-order valence-corrected chi connectivity index (χ4v) is 4.73. The predicted octanol–water partition coefficient (Wildman–Crippen LogP) is 4.46. The molecule has 0 aromatic heterocycles. The van der Waals surface area contributed by atoms with Gasteiger partial charge in [0.25, 0.3) is 0 Å². The average molecular weight is 481 g/mol. The highest BCUT2D eigenvalue weighted by molar-refractivity contribution is 5.85. The van der Waals surface area contributed by atoms with Gasteiger partial charge in [-0.3, -0.25) is 9.59 Å². The van der Waals surface area contributed by atoms with Gasteiger partial charge in [-0.2, -0.15) is 0 Å². The third kappa shape index (κ3) is 6.05. The maximum Gasteiger partial charge on any atom is 0.511 e. The van der Waals surface area contributed by atoms with E-state index in [1.165, 1.54) is 19.1 Å². The summed E-state index contributed by atoms with van der Waals surface area (Å²) in [6, 6.07) is 4.39. The first kappa shape index (κ1) is 27.6. The molecule has 8 nitrogen and oxygen atoms in total. The number of nitrogens with zero attached hydrogens (tertiary/aromatic N) is 1. The maximum absolute atomic E-state index is 14.0. The van der Waals surface area contributed by atoms with Crippen LogP contribution in [0.3, 0.4) is 0 Å². The molecule has 0 spiro atoms. The molecular weight excluding hydrogens is 443 g/mol. The topological polar surface area (TPSA) is 108 Å². The lowest BCUT2D eigenvalue weighted by Gasteiger charge is -2.42. The Hall–Kier alpha value is -2.68. The van der Waals surface area contributed by atoms with Gasteiger partial charge in [0.15, 0.2) is 0 Å². The van der Waals surface area contributed by atoms with Gasteiger partial charge in [-0.25, -0.2) is 9.18 Å². The van der Waals surface area contributed by atoms with Crippen molar-refractivity contribution in [2.45, 2.75) is 97.7 Å². The molecule has 2 rings (SSSR count). The third-order valence-electron chi connectivity index (χ3n) is 6.44. The summed E-state index contributed by atoms with van der Waals surface area (Å²) in [5, 5.41) is 0. The number of rotatable bonds is 9. The van der Waals surface area contributed by atoms with E-state index in [1.54, 1.807) is 37.8 Å². The molecule has 0 aliphatic carbocycles. The molecule has 2 N–H and O–H groups in total. The molecule has 1 saturated heterocycles. The highest BCUT2D eigenvalue weighted by atomic mass is 19.1. The van der Waals surface area contributed by atoms with Crippen LogP contribution in [0, 0.1) is 11.2 Å². The number of ether oxygens (including phenoxy) is 3. The van der Waals surface area contributed by atoms with Crippen LogP contribution in [0.5, 0.6) is 0 Å². The highest BCUT2D eigenvalue weighted by Gasteiger charge is 2.53. The van der Waals surface area contributed by atoms with Gasteiger partial charge in [0.1, 0.15) is 5.82 Å². The number of halogens is 1. The number of carbonyl (C=O) groups excluding carboxylic acids is 3. The zero-order chi connectivity index (χ0) is 25.6. The van der Waals surface area contributed by atoms with Crippen LogP contribution in [0.1, 0.15) is 78.8 Å². The minimum Gasteiger partial charge on any atom is -0.431 e. The van der Waals surface area contributed by atoms with Gasteiger partial charge < -0.3 is 24.8 Å². The van der Waals surface area contributed by atoms with E-state index in [0.717, 1.165) is 0 Å². The van der Waals surface area contributed by atoms with Crippen LogP contribution in [-0.2, 0) is 23.8 Å². The van der Waals surface area contributed by atoms with Crippen molar-refractivity contribution < 1.29 is 33.0 Å². The largest absolute Gasteiger partial charge is 0.511 e. The van der Waals surface area contributed by atoms with Crippen LogP contribution >= 0.6 is 0 Å². The average Bonchev–Trinajstić information content (AvgIpc) is 3.19. The fraction of sp³-hybridized carbons (Fsp3) is 0.640. The summed E-state index contributed by atoms with van der Waals surface area (Å²) in [7, 11) is 0. The minimum atomic E-state index is -1.17. The second kappa shape index (κ2) is 11.6. The van der Waals surface area contributed by atoms with Crippen LogP contribution in [-0.4, -0.2) is 47.4 Å². The van der Waals surface area contributed by atoms with Crippen LogP contribution in [0.4, 0.5) is 9.18 Å². The minimum absolute atomic E-state index is 0.319. The molecular formula is C25H37FN2O6. The van der Waals surface area contributed by atoms with E-state index in [0.29, 0.717) is 31.2 Å². The van der Waals surface area contributed by atoms with Gasteiger partial charge in [0.2, 0.25) is 12.2 Å². The quantitative estimate of drug-likeness (QED) is 0.410. The molecule has 1 unspecified atom stereocenters. The summed E-state index contributed by atoms with van der Waals surface area (Å²) < 4.78 is 29.5. The number of hydrogen-bond donors (Lipinski definition) is 1. The third-order valence-corrected chi connectivity index (χ3v) is 6.44. The van der Waals surface area contributed by atoms with Gasteiger partial charge in [0.05, 0.1) is 23.6 Å². The van der Waals surface area contributed by atoms with Crippen LogP contribution < -0.4 is 5.73 Å². The number of hydrogen-bond acceptors (Lipinski definition) is 7. The SMILES string of the molecule is CCC(CC)(C(=O)OC(C)OC(=O)OC(C)C)[C@H]1CC[C@@H](c2cccc(F)c2)N1C(=O)[C@@H](C)N. The van der Waals surface area contributed by atoms with Gasteiger partial charge in [-0.05, 0) is 64.2 Å². The zero-order valence-corrected chi connectivity index (χ0v) is 20.9. The van der Waals surface area contributed by atoms with E-state index in [-0.39, 0.29) is 12.0 Å². The number of amides is 1. The Bertz CT molecular complexity index is 871. The van der Waals surface area contributed by atoms with Gasteiger partial charge in [-0.15, -0.1) is 0 Å². The summed E-state index contributed by atoms with van der Waals surface area (Å²) in [4.78, 5) is 40.2. The van der Waals surface area contributed by atoms with E-state index in [2.05, 4.69) is 0 Å². The molecule has 9 heteroatoms. The van der Waals surface area contributed by atoms with E-state index >= 15 is 0 Å². The first-order valence-electron chi connectivity index (χ1n) is 11.9. The maximum atomic E-state index is 14.0. The van der Waals surface area contributed by atoms with Crippen molar-refractivity contribution in [1.29, 1.82) is 0 Å². The zero-order valence-electron chi connectivity index (χ0n) is 20.9. The number of benzene rings is 1. The molecule has 190 valence electrons. The number of esters is 1. The molecule has 1 amide bonds. The number of carbonyl (C=O) groups is 3. The lowest BCUT2D eigenvalue weighted by Crippen LogP contribution is -2.55. The molecule has 0 bridgehead atoms. The predicted molar refractivity (Wildman–Crippen MR) is 124 cm³/mol. The van der Waals surface area contributed by atoms with Gasteiger partial charge >= 0.3 is 12.1 Å². The molecule has 1 aliphatic rings. The molecule has 0 saturated carbocycles. The van der Waals surface area contributed by atoms with Crippen LogP contribution in [0.15, 0.2) is 24.3 Å². The monoisotopic (exact) mass is 480 g/mol. The second-order valence-electron chi connectivity index (χ2n) is 9.07. The summed E-state index contributed by atoms with van der Waals surface area (Å²) in [6.07, 6.45) is -0.653. The van der Waals surface area contributed by atoms with E-state index < -0.39 is 47.8 Å². The van der Waals surface area contributed by atoms with Crippen molar-refractivity contribution in [2.75, 3.05) is 0 Å². The van der Waals surface area contributed by atoms with Crippen molar-refractivity contribution in [1.82, 2.24) is 4.90 Å². The Labute approximate surface area is 200 Å². The van der Waals surface area contributed by atoms with Crippen LogP contribution in [0.2, 0.25) is 0 Å². The summed E-state index contributed by atoms with van der Waals surface area (Å²) >= 11 is 0. The van der Waals surface area contributed by atoms with Gasteiger partial charge in [-0.1, -0.05) is 26.0 Å². The Morgan fingerprint density at radius 2 is 1.74 bits per heavy atom. The first-order chi connectivity index (χ1) is 16.0. The molecule has 1 aromatic rings. The van der Waals surface area contributed by atoms with Crippen molar-refractivity contribution >= 4 is 18.0 Å². The summed E-state index contributed by atoms with van der Waals surface area (Å²) in [5.41, 5.74) is 5.56. The Morgan fingerprint density at radius 3 is 2.26 bits per heavy atom. The number of likely N-dealkylation sites (tertiary alicyclic amines) is 1. The highest BCUT2D eigenvalue weighted by Crippen LogP contribution is 2.47. The lowest BCUT2D eigenvalue weighted by molar-refractivity contribution is -0.185. The molecule has 0 radical (unpaired) electrons. The molecule has 1 heterocycles. The molecule has 34 heavy (non-hydrogen) atoms. The Morgan fingerprint density at radius 1 is 1.09 bits per heavy atom. The lowest BCUT2D eigenvalue weighted by atomic mass is 9.74. The van der Waals surface area contributed by atoms with E-state index in [4.69, 9.17) is 19.9 Å². The smallest absolute Gasteiger partial charge is 0.431 e. The first-order valence-corrected chi connectivity index (χ1v) is 11.9. The van der Waals surface area contributed by atoms with Crippen molar-refractivity contribution in [2.24, 2.45) is 11.1 Å². The fourth-order valence-electron chi connectivity index (χ4n) is 4.73. The Balaban J connectivity index is 2.36. The summed E-state index contributed by atoms with van der Waals surface area (Å²) in [6.45, 7) is 10.1.